The van der Waals surface area contributed by atoms with Crippen molar-refractivity contribution < 1.29 is 0 Å². The molecule has 4 rings (SSSR count). The van der Waals surface area contributed by atoms with Crippen molar-refractivity contribution in [1.29, 1.82) is 0 Å². The van der Waals surface area contributed by atoms with E-state index in [9.17, 15) is 0 Å². The van der Waals surface area contributed by atoms with Crippen LogP contribution in [0.15, 0.2) is 36.9 Å². The summed E-state index contributed by atoms with van der Waals surface area (Å²) in [5, 5.41) is 7.91. The molecule has 5 heteroatoms. The van der Waals surface area contributed by atoms with Gasteiger partial charge >= 0.3 is 0 Å². The highest BCUT2D eigenvalue weighted by atomic mass is 15.3. The molecule has 0 saturated carbocycles. The fourth-order valence-corrected chi connectivity index (χ4v) is 3.73. The maximum absolute atomic E-state index is 4.17. The molecule has 1 aromatic heterocycles. The Kier molecular flexibility index (Phi) is 3.35. The van der Waals surface area contributed by atoms with Crippen LogP contribution >= 0.6 is 0 Å². The zero-order valence-corrected chi connectivity index (χ0v) is 12.2. The number of fused-ring (bicyclic) bond motifs is 1. The molecule has 0 bridgehead atoms. The van der Waals surface area contributed by atoms with E-state index < -0.39 is 0 Å². The van der Waals surface area contributed by atoms with Gasteiger partial charge in [0.15, 0.2) is 0 Å². The highest BCUT2D eigenvalue weighted by Gasteiger charge is 2.36. The van der Waals surface area contributed by atoms with Gasteiger partial charge < -0.3 is 5.32 Å². The quantitative estimate of drug-likeness (QED) is 0.932. The second-order valence-corrected chi connectivity index (χ2v) is 6.08. The number of nitrogens with one attached hydrogen (secondary N) is 1. The van der Waals surface area contributed by atoms with Gasteiger partial charge in [0.25, 0.3) is 0 Å². The van der Waals surface area contributed by atoms with Gasteiger partial charge in [0.1, 0.15) is 12.7 Å². The van der Waals surface area contributed by atoms with E-state index in [1.165, 1.54) is 43.6 Å². The molecule has 1 aromatic carbocycles. The Balaban J connectivity index is 1.45. The van der Waals surface area contributed by atoms with Gasteiger partial charge in [-0.15, -0.1) is 0 Å². The van der Waals surface area contributed by atoms with Crippen LogP contribution in [-0.2, 0) is 6.54 Å². The highest BCUT2D eigenvalue weighted by Crippen LogP contribution is 2.30. The molecule has 2 aromatic rings. The summed E-state index contributed by atoms with van der Waals surface area (Å²) in [5.74, 6) is 0. The lowest BCUT2D eigenvalue weighted by Crippen LogP contribution is -2.33. The predicted molar refractivity (Wildman–Crippen MR) is 82.2 cm³/mol. The predicted octanol–water partition coefficient (Wildman–Crippen LogP) is 1.97. The Bertz CT molecular complexity index is 594. The fourth-order valence-electron chi connectivity index (χ4n) is 3.73. The molecule has 5 nitrogen and oxygen atoms in total. The van der Waals surface area contributed by atoms with Gasteiger partial charge in [0.05, 0.1) is 6.54 Å². The molecule has 2 saturated heterocycles. The minimum Gasteiger partial charge on any atom is -0.381 e. The first-order valence-electron chi connectivity index (χ1n) is 7.80. The number of aromatic nitrogens is 3. The van der Waals surface area contributed by atoms with Crippen LogP contribution in [0, 0.1) is 0 Å². The first-order valence-corrected chi connectivity index (χ1v) is 7.80. The fraction of sp³-hybridized carbons (Fsp3) is 0.500. The molecule has 0 spiro atoms. The van der Waals surface area contributed by atoms with E-state index in [-0.39, 0.29) is 0 Å². The Morgan fingerprint density at radius 3 is 3.14 bits per heavy atom. The number of hydrogen-bond acceptors (Lipinski definition) is 4. The maximum Gasteiger partial charge on any atom is 0.137 e. The largest absolute Gasteiger partial charge is 0.381 e. The van der Waals surface area contributed by atoms with Crippen molar-refractivity contribution in [1.82, 2.24) is 19.7 Å². The number of anilines is 1. The van der Waals surface area contributed by atoms with Crippen molar-refractivity contribution in [3.63, 3.8) is 0 Å². The zero-order chi connectivity index (χ0) is 14.1. The highest BCUT2D eigenvalue weighted by molar-refractivity contribution is 5.47. The van der Waals surface area contributed by atoms with E-state index in [1.54, 1.807) is 12.7 Å². The molecule has 1 N–H and O–H groups in total. The van der Waals surface area contributed by atoms with Crippen LogP contribution in [0.4, 0.5) is 5.69 Å². The molecule has 2 aliphatic heterocycles. The second-order valence-electron chi connectivity index (χ2n) is 6.08. The van der Waals surface area contributed by atoms with E-state index in [0.717, 1.165) is 12.6 Å². The number of nitrogens with zero attached hydrogens (tertiary/aromatic N) is 4. The number of rotatable bonds is 4. The van der Waals surface area contributed by atoms with Gasteiger partial charge in [0.2, 0.25) is 0 Å². The van der Waals surface area contributed by atoms with Crippen molar-refractivity contribution in [2.24, 2.45) is 0 Å². The third-order valence-electron chi connectivity index (χ3n) is 4.70. The molecule has 110 valence electrons. The lowest BCUT2D eigenvalue weighted by atomic mass is 10.1. The Morgan fingerprint density at radius 2 is 2.24 bits per heavy atom. The van der Waals surface area contributed by atoms with Crippen molar-refractivity contribution in [2.75, 3.05) is 18.4 Å². The van der Waals surface area contributed by atoms with E-state index in [4.69, 9.17) is 0 Å². The number of benzene rings is 1. The lowest BCUT2D eigenvalue weighted by molar-refractivity contribution is 0.318. The Morgan fingerprint density at radius 1 is 1.24 bits per heavy atom. The number of hydrogen-bond donors (Lipinski definition) is 1. The first kappa shape index (κ1) is 12.8. The normalized spacial score (nSPS) is 25.1. The van der Waals surface area contributed by atoms with Gasteiger partial charge in [-0.1, -0.05) is 12.1 Å². The maximum atomic E-state index is 4.17. The summed E-state index contributed by atoms with van der Waals surface area (Å²) in [5.41, 5.74) is 2.48. The van der Waals surface area contributed by atoms with E-state index in [1.807, 2.05) is 4.68 Å². The standard InChI is InChI=1S/C16H21N5/c1-3-13(10-21-12-17-11-18-21)9-14(4-1)19-15-6-8-20-7-2-5-16(15)20/h1,3-4,9,11-12,15-16,19H,2,5-8,10H2. The molecular weight excluding hydrogens is 262 g/mol. The van der Waals surface area contributed by atoms with Crippen LogP contribution in [0.5, 0.6) is 0 Å². The summed E-state index contributed by atoms with van der Waals surface area (Å²) in [6, 6.07) is 10.0. The third-order valence-corrected chi connectivity index (χ3v) is 4.70. The van der Waals surface area contributed by atoms with Gasteiger partial charge in [-0.25, -0.2) is 9.67 Å². The molecule has 0 aliphatic carbocycles. The summed E-state index contributed by atoms with van der Waals surface area (Å²) in [6.45, 7) is 3.31. The molecule has 2 atom stereocenters. The minimum atomic E-state index is 0.606. The average molecular weight is 283 g/mol. The summed E-state index contributed by atoms with van der Waals surface area (Å²) < 4.78 is 1.85. The SMILES string of the molecule is c1cc(Cn2cncn2)cc(NC2CCN3CCCC23)c1. The summed E-state index contributed by atoms with van der Waals surface area (Å²) in [4.78, 5) is 6.63. The van der Waals surface area contributed by atoms with E-state index in [2.05, 4.69) is 44.6 Å². The van der Waals surface area contributed by atoms with Crippen molar-refractivity contribution in [3.05, 3.63) is 42.5 Å². The smallest absolute Gasteiger partial charge is 0.137 e. The zero-order valence-electron chi connectivity index (χ0n) is 12.2. The molecule has 21 heavy (non-hydrogen) atoms. The van der Waals surface area contributed by atoms with Crippen molar-refractivity contribution in [3.8, 4) is 0 Å². The summed E-state index contributed by atoms with van der Waals surface area (Å²) in [7, 11) is 0. The monoisotopic (exact) mass is 283 g/mol. The minimum absolute atomic E-state index is 0.606. The Labute approximate surface area is 125 Å². The Hall–Kier alpha value is -1.88. The van der Waals surface area contributed by atoms with Crippen LogP contribution < -0.4 is 5.32 Å². The molecule has 2 aliphatic rings. The van der Waals surface area contributed by atoms with Gasteiger partial charge in [-0.3, -0.25) is 4.90 Å². The molecular formula is C16H21N5. The van der Waals surface area contributed by atoms with Crippen LogP contribution in [0.1, 0.15) is 24.8 Å². The third kappa shape index (κ3) is 2.65. The van der Waals surface area contributed by atoms with Crippen molar-refractivity contribution >= 4 is 5.69 Å². The first-order chi connectivity index (χ1) is 10.4. The second kappa shape index (κ2) is 5.48. The topological polar surface area (TPSA) is 46.0 Å². The molecule has 0 radical (unpaired) electrons. The lowest BCUT2D eigenvalue weighted by Gasteiger charge is -2.22. The van der Waals surface area contributed by atoms with Crippen LogP contribution in [0.3, 0.4) is 0 Å². The van der Waals surface area contributed by atoms with Crippen LogP contribution in [0.25, 0.3) is 0 Å². The van der Waals surface area contributed by atoms with Gasteiger partial charge in [-0.05, 0) is 43.5 Å². The van der Waals surface area contributed by atoms with Gasteiger partial charge in [-0.2, -0.15) is 5.10 Å². The summed E-state index contributed by atoms with van der Waals surface area (Å²) in [6.07, 6.45) is 7.30. The van der Waals surface area contributed by atoms with Crippen LogP contribution in [-0.4, -0.2) is 44.8 Å². The summed E-state index contributed by atoms with van der Waals surface area (Å²) >= 11 is 0. The van der Waals surface area contributed by atoms with E-state index >= 15 is 0 Å². The molecule has 3 heterocycles. The average Bonchev–Trinajstić information content (AvgIpc) is 3.19. The molecule has 0 amide bonds. The van der Waals surface area contributed by atoms with Gasteiger partial charge in [0, 0.05) is 24.3 Å². The van der Waals surface area contributed by atoms with E-state index in [0.29, 0.717) is 6.04 Å². The van der Waals surface area contributed by atoms with Crippen molar-refractivity contribution in [2.45, 2.75) is 37.9 Å². The molecule has 2 fully saturated rings. The van der Waals surface area contributed by atoms with Crippen LogP contribution in [0.2, 0.25) is 0 Å². The molecule has 2 unspecified atom stereocenters.